The van der Waals surface area contributed by atoms with Crippen LogP contribution in [0.4, 0.5) is 0 Å². The second-order valence-electron chi connectivity index (χ2n) is 6.97. The Morgan fingerprint density at radius 2 is 1.93 bits per heavy atom. The molecule has 1 saturated carbocycles. The van der Waals surface area contributed by atoms with Crippen molar-refractivity contribution in [3.63, 3.8) is 0 Å². The normalized spacial score (nSPS) is 14.6. The van der Waals surface area contributed by atoms with Crippen LogP contribution in [0.3, 0.4) is 0 Å². The van der Waals surface area contributed by atoms with Gasteiger partial charge in [0.15, 0.2) is 0 Å². The summed E-state index contributed by atoms with van der Waals surface area (Å²) >= 11 is 0. The van der Waals surface area contributed by atoms with E-state index in [0.717, 1.165) is 30.4 Å². The number of carboxylic acids is 1. The molecule has 7 heteroatoms. The fraction of sp³-hybridized carbons (Fsp3) is 0.619. The molecule has 1 fully saturated rings. The second kappa shape index (κ2) is 16.0. The van der Waals surface area contributed by atoms with E-state index >= 15 is 0 Å². The highest BCUT2D eigenvalue weighted by atomic mass is 16.5. The van der Waals surface area contributed by atoms with Crippen LogP contribution in [-0.2, 0) is 4.79 Å². The Labute approximate surface area is 168 Å². The van der Waals surface area contributed by atoms with Crippen molar-refractivity contribution in [1.82, 2.24) is 0 Å². The number of hydrogen-bond acceptors (Lipinski definition) is 6. The molecular weight excluding hydrogens is 358 g/mol. The van der Waals surface area contributed by atoms with Gasteiger partial charge in [0.05, 0.1) is 7.11 Å². The smallest absolute Gasteiger partial charge is 0.320 e. The molecule has 0 radical (unpaired) electrons. The van der Waals surface area contributed by atoms with Gasteiger partial charge in [-0.25, -0.2) is 0 Å². The molecule has 28 heavy (non-hydrogen) atoms. The molecule has 0 heterocycles. The average Bonchev–Trinajstić information content (AvgIpc) is 2.69. The van der Waals surface area contributed by atoms with Crippen LogP contribution in [0.5, 0.6) is 5.75 Å². The van der Waals surface area contributed by atoms with E-state index < -0.39 is 12.0 Å². The molecule has 1 atom stereocenters. The summed E-state index contributed by atoms with van der Waals surface area (Å²) in [6.07, 6.45) is 9.65. The van der Waals surface area contributed by atoms with Crippen LogP contribution in [0.15, 0.2) is 18.2 Å². The molecule has 7 N–H and O–H groups in total. The number of carbonyl (C=O) groups excluding carboxylic acids is 1. The van der Waals surface area contributed by atoms with Gasteiger partial charge in [-0.15, -0.1) is 0 Å². The van der Waals surface area contributed by atoms with Gasteiger partial charge in [0, 0.05) is 11.6 Å². The molecule has 7 nitrogen and oxygen atoms in total. The summed E-state index contributed by atoms with van der Waals surface area (Å²) in [6.45, 7) is 2.51. The van der Waals surface area contributed by atoms with E-state index in [1.54, 1.807) is 25.3 Å². The van der Waals surface area contributed by atoms with Gasteiger partial charge in [-0.3, -0.25) is 9.59 Å². The highest BCUT2D eigenvalue weighted by molar-refractivity contribution is 5.75. The lowest BCUT2D eigenvalue weighted by Crippen LogP contribution is -2.29. The summed E-state index contributed by atoms with van der Waals surface area (Å²) in [5, 5.41) is 8.33. The topological polar surface area (TPSA) is 142 Å². The monoisotopic (exact) mass is 395 g/mol. The van der Waals surface area contributed by atoms with Crippen LogP contribution in [0, 0.1) is 6.92 Å². The zero-order chi connectivity index (χ0) is 21.4. The van der Waals surface area contributed by atoms with Crippen LogP contribution in [-0.4, -0.2) is 43.1 Å². The van der Waals surface area contributed by atoms with Gasteiger partial charge in [-0.1, -0.05) is 25.7 Å². The Bertz CT molecular complexity index is 561. The van der Waals surface area contributed by atoms with E-state index in [1.165, 1.54) is 32.1 Å². The van der Waals surface area contributed by atoms with Crippen molar-refractivity contribution in [2.24, 2.45) is 17.2 Å². The van der Waals surface area contributed by atoms with E-state index in [4.69, 9.17) is 27.0 Å². The zero-order valence-corrected chi connectivity index (χ0v) is 17.2. The molecule has 0 amide bonds. The van der Waals surface area contributed by atoms with Crippen molar-refractivity contribution < 1.29 is 19.4 Å². The van der Waals surface area contributed by atoms with Crippen molar-refractivity contribution in [2.45, 2.75) is 70.4 Å². The summed E-state index contributed by atoms with van der Waals surface area (Å²) in [6, 6.07) is 5.14. The minimum atomic E-state index is -0.933. The predicted octanol–water partition coefficient (Wildman–Crippen LogP) is 2.62. The number of aliphatic carboxylic acids is 1. The highest BCUT2D eigenvalue weighted by Crippen LogP contribution is 2.17. The van der Waals surface area contributed by atoms with Crippen LogP contribution in [0.25, 0.3) is 0 Å². The SMILES string of the molecule is COc1ccc(C=O)cc1C.NC1CCCCC1.NCCCCC(N)C(=O)O. The van der Waals surface area contributed by atoms with Gasteiger partial charge in [-0.2, -0.15) is 0 Å². The van der Waals surface area contributed by atoms with Crippen LogP contribution in [0.2, 0.25) is 0 Å². The van der Waals surface area contributed by atoms with E-state index in [0.29, 0.717) is 24.6 Å². The van der Waals surface area contributed by atoms with Crippen LogP contribution < -0.4 is 21.9 Å². The van der Waals surface area contributed by atoms with E-state index in [2.05, 4.69) is 0 Å². The fourth-order valence-electron chi connectivity index (χ4n) is 2.74. The highest BCUT2D eigenvalue weighted by Gasteiger charge is 2.09. The number of carbonyl (C=O) groups is 2. The van der Waals surface area contributed by atoms with Gasteiger partial charge in [0.25, 0.3) is 0 Å². The number of rotatable bonds is 7. The summed E-state index contributed by atoms with van der Waals surface area (Å²) < 4.78 is 5.03. The molecule has 160 valence electrons. The first-order valence-electron chi connectivity index (χ1n) is 9.89. The number of carboxylic acid groups (broad SMARTS) is 1. The van der Waals surface area contributed by atoms with Crippen molar-refractivity contribution in [3.05, 3.63) is 29.3 Å². The number of benzene rings is 1. The van der Waals surface area contributed by atoms with Gasteiger partial charge in [0.2, 0.25) is 0 Å². The number of nitrogens with two attached hydrogens (primary N) is 3. The molecule has 2 rings (SSSR count). The number of aryl methyl sites for hydroxylation is 1. The third-order valence-electron chi connectivity index (χ3n) is 4.49. The summed E-state index contributed by atoms with van der Waals surface area (Å²) in [5.41, 5.74) is 17.7. The van der Waals surface area contributed by atoms with Crippen molar-refractivity contribution in [2.75, 3.05) is 13.7 Å². The Morgan fingerprint density at radius 3 is 2.32 bits per heavy atom. The first kappa shape index (κ1) is 26.0. The average molecular weight is 396 g/mol. The molecular formula is C21H37N3O4. The molecule has 1 aliphatic carbocycles. The summed E-state index contributed by atoms with van der Waals surface area (Å²) in [5.74, 6) is -0.118. The first-order chi connectivity index (χ1) is 13.3. The van der Waals surface area contributed by atoms with E-state index in [1.807, 2.05) is 6.92 Å². The minimum Gasteiger partial charge on any atom is -0.496 e. The second-order valence-corrected chi connectivity index (χ2v) is 6.97. The Balaban J connectivity index is 0.000000400. The number of methoxy groups -OCH3 is 1. The number of aldehydes is 1. The summed E-state index contributed by atoms with van der Waals surface area (Å²) in [4.78, 5) is 20.5. The molecule has 1 aliphatic rings. The third-order valence-corrected chi connectivity index (χ3v) is 4.49. The number of ether oxygens (including phenoxy) is 1. The number of hydrogen-bond donors (Lipinski definition) is 4. The quantitative estimate of drug-likeness (QED) is 0.410. The van der Waals surface area contributed by atoms with E-state index in [9.17, 15) is 9.59 Å². The zero-order valence-electron chi connectivity index (χ0n) is 17.2. The first-order valence-corrected chi connectivity index (χ1v) is 9.89. The van der Waals surface area contributed by atoms with Gasteiger partial charge in [-0.05, 0) is 62.9 Å². The summed E-state index contributed by atoms with van der Waals surface area (Å²) in [7, 11) is 1.61. The molecule has 0 bridgehead atoms. The fourth-order valence-corrected chi connectivity index (χ4v) is 2.74. The maximum absolute atomic E-state index is 10.3. The van der Waals surface area contributed by atoms with Gasteiger partial charge >= 0.3 is 5.97 Å². The van der Waals surface area contributed by atoms with Crippen molar-refractivity contribution >= 4 is 12.3 Å². The maximum Gasteiger partial charge on any atom is 0.320 e. The minimum absolute atomic E-state index is 0.520. The Morgan fingerprint density at radius 1 is 1.29 bits per heavy atom. The van der Waals surface area contributed by atoms with E-state index in [-0.39, 0.29) is 0 Å². The number of unbranched alkanes of at least 4 members (excludes halogenated alkanes) is 1. The molecule has 1 aromatic carbocycles. The van der Waals surface area contributed by atoms with Crippen molar-refractivity contribution in [1.29, 1.82) is 0 Å². The maximum atomic E-state index is 10.3. The van der Waals surface area contributed by atoms with Crippen molar-refractivity contribution in [3.8, 4) is 5.75 Å². The molecule has 0 aromatic heterocycles. The van der Waals surface area contributed by atoms with Gasteiger partial charge < -0.3 is 27.0 Å². The predicted molar refractivity (Wildman–Crippen MR) is 113 cm³/mol. The standard InChI is InChI=1S/C9H10O2.C6H14N2O2.C6H13N/c1-7-5-8(6-10)3-4-9(7)11-2;7-4-2-1-3-5(8)6(9)10;7-6-4-2-1-3-5-6/h3-6H,1-2H3;5H,1-4,7-8H2,(H,9,10);6H,1-5,7H2. The lowest BCUT2D eigenvalue weighted by Gasteiger charge is -2.15. The van der Waals surface area contributed by atoms with Crippen LogP contribution in [0.1, 0.15) is 67.3 Å². The Kier molecular flexibility index (Phi) is 14.9. The molecule has 0 aliphatic heterocycles. The lowest BCUT2D eigenvalue weighted by atomic mass is 9.97. The largest absolute Gasteiger partial charge is 0.496 e. The molecule has 0 spiro atoms. The molecule has 1 aromatic rings. The third kappa shape index (κ3) is 12.4. The van der Waals surface area contributed by atoms with Gasteiger partial charge in [0.1, 0.15) is 18.1 Å². The van der Waals surface area contributed by atoms with Crippen LogP contribution >= 0.6 is 0 Å². The molecule has 1 unspecified atom stereocenters. The Hall–Kier alpha value is -1.96. The lowest BCUT2D eigenvalue weighted by molar-refractivity contribution is -0.138. The molecule has 0 saturated heterocycles.